The number of hydrogen-bond donors (Lipinski definition) is 1. The number of amidine groups is 1. The van der Waals surface area contributed by atoms with E-state index in [1.54, 1.807) is 11.8 Å². The first-order valence-electron chi connectivity index (χ1n) is 5.78. The summed E-state index contributed by atoms with van der Waals surface area (Å²) in [5.74, 6) is 1.58. The van der Waals surface area contributed by atoms with Crippen LogP contribution in [-0.4, -0.2) is 29.6 Å². The van der Waals surface area contributed by atoms with E-state index in [0.29, 0.717) is 0 Å². The van der Waals surface area contributed by atoms with E-state index in [1.165, 1.54) is 23.3 Å². The average molecular weight is 234 g/mol. The quantitative estimate of drug-likeness (QED) is 0.494. The Hall–Kier alpha value is -0.960. The number of aryl methyl sites for hydroxylation is 1. The maximum Gasteiger partial charge on any atom is 0.106 e. The monoisotopic (exact) mass is 234 g/mol. The number of rotatable bonds is 3. The minimum atomic E-state index is 0.783. The van der Waals surface area contributed by atoms with Crippen LogP contribution in [0.2, 0.25) is 0 Å². The maximum atomic E-state index is 8.01. The third-order valence-electron chi connectivity index (χ3n) is 2.95. The minimum Gasteiger partial charge on any atom is -0.360 e. The van der Waals surface area contributed by atoms with E-state index >= 15 is 0 Å². The van der Waals surface area contributed by atoms with E-state index < -0.39 is 0 Å². The molecule has 86 valence electrons. The molecule has 1 aliphatic heterocycles. The normalized spacial score (nSPS) is 15.4. The number of likely N-dealkylation sites (tertiary alicyclic amines) is 1. The van der Waals surface area contributed by atoms with Gasteiger partial charge in [-0.05, 0) is 31.4 Å². The summed E-state index contributed by atoms with van der Waals surface area (Å²) in [5, 5.41) is 8.01. The van der Waals surface area contributed by atoms with Gasteiger partial charge in [-0.2, -0.15) is 0 Å². The molecule has 0 aliphatic carbocycles. The van der Waals surface area contributed by atoms with Crippen LogP contribution in [0.4, 0.5) is 0 Å². The molecule has 1 aromatic carbocycles. The first kappa shape index (κ1) is 11.5. The smallest absolute Gasteiger partial charge is 0.106 e. The molecule has 2 rings (SSSR count). The minimum absolute atomic E-state index is 0.783. The molecule has 1 N–H and O–H groups in total. The Morgan fingerprint density at radius 2 is 2.00 bits per heavy atom. The molecule has 1 heterocycles. The summed E-state index contributed by atoms with van der Waals surface area (Å²) in [4.78, 5) is 3.50. The zero-order chi connectivity index (χ0) is 11.4. The highest BCUT2D eigenvalue weighted by Crippen LogP contribution is 2.22. The summed E-state index contributed by atoms with van der Waals surface area (Å²) >= 11 is 1.78. The van der Waals surface area contributed by atoms with Crippen LogP contribution in [0.15, 0.2) is 29.2 Å². The molecule has 0 saturated carbocycles. The highest BCUT2D eigenvalue weighted by Gasteiger charge is 2.14. The zero-order valence-electron chi connectivity index (χ0n) is 9.70. The highest BCUT2D eigenvalue weighted by atomic mass is 32.2. The Labute approximate surface area is 102 Å². The van der Waals surface area contributed by atoms with Gasteiger partial charge in [-0.3, -0.25) is 5.41 Å². The van der Waals surface area contributed by atoms with E-state index in [9.17, 15) is 0 Å². The van der Waals surface area contributed by atoms with Gasteiger partial charge in [-0.1, -0.05) is 18.2 Å². The third kappa shape index (κ3) is 2.79. The van der Waals surface area contributed by atoms with Crippen molar-refractivity contribution in [3.8, 4) is 0 Å². The van der Waals surface area contributed by atoms with Gasteiger partial charge in [0.2, 0.25) is 0 Å². The van der Waals surface area contributed by atoms with Crippen molar-refractivity contribution in [1.82, 2.24) is 4.90 Å². The van der Waals surface area contributed by atoms with Gasteiger partial charge in [0.1, 0.15) is 5.84 Å². The van der Waals surface area contributed by atoms with Gasteiger partial charge >= 0.3 is 0 Å². The van der Waals surface area contributed by atoms with Crippen LogP contribution in [0, 0.1) is 12.3 Å². The maximum absolute atomic E-state index is 8.01. The van der Waals surface area contributed by atoms with E-state index in [2.05, 4.69) is 36.1 Å². The molecular formula is C13H18N2S. The van der Waals surface area contributed by atoms with Gasteiger partial charge in [-0.25, -0.2) is 0 Å². The van der Waals surface area contributed by atoms with E-state index in [0.717, 1.165) is 24.7 Å². The van der Waals surface area contributed by atoms with E-state index in [1.807, 2.05) is 0 Å². The van der Waals surface area contributed by atoms with Crippen LogP contribution in [-0.2, 0) is 0 Å². The molecule has 0 atom stereocenters. The zero-order valence-corrected chi connectivity index (χ0v) is 10.5. The second-order valence-electron chi connectivity index (χ2n) is 4.20. The van der Waals surface area contributed by atoms with Crippen LogP contribution < -0.4 is 0 Å². The Bertz CT molecular complexity index is 370. The van der Waals surface area contributed by atoms with Crippen molar-refractivity contribution < 1.29 is 0 Å². The van der Waals surface area contributed by atoms with Gasteiger partial charge in [0.15, 0.2) is 0 Å². The molecular weight excluding hydrogens is 216 g/mol. The molecule has 1 fully saturated rings. The number of thioether (sulfide) groups is 1. The number of nitrogens with one attached hydrogen (secondary N) is 1. The molecule has 0 amide bonds. The summed E-state index contributed by atoms with van der Waals surface area (Å²) in [6, 6.07) is 8.39. The lowest BCUT2D eigenvalue weighted by Gasteiger charge is -2.18. The van der Waals surface area contributed by atoms with E-state index in [-0.39, 0.29) is 0 Å². The predicted molar refractivity (Wildman–Crippen MR) is 70.4 cm³/mol. The standard InChI is InChI=1S/C13H18N2S/c1-11-6-2-3-7-12(11)16-10-13(14)15-8-4-5-9-15/h2-3,6-7,14H,4-5,8-10H2,1H3. The summed E-state index contributed by atoms with van der Waals surface area (Å²) in [7, 11) is 0. The summed E-state index contributed by atoms with van der Waals surface area (Å²) < 4.78 is 0. The van der Waals surface area contributed by atoms with Gasteiger partial charge in [-0.15, -0.1) is 11.8 Å². The molecule has 16 heavy (non-hydrogen) atoms. The topological polar surface area (TPSA) is 27.1 Å². The van der Waals surface area contributed by atoms with Gasteiger partial charge < -0.3 is 4.90 Å². The van der Waals surface area contributed by atoms with Gasteiger partial charge in [0.05, 0.1) is 5.75 Å². The van der Waals surface area contributed by atoms with Crippen LogP contribution in [0.5, 0.6) is 0 Å². The summed E-state index contributed by atoms with van der Waals surface area (Å²) in [6.45, 7) is 4.28. The molecule has 0 unspecified atom stereocenters. The first-order chi connectivity index (χ1) is 7.77. The molecule has 1 aliphatic rings. The Balaban J connectivity index is 1.87. The lowest BCUT2D eigenvalue weighted by atomic mass is 10.2. The molecule has 0 aromatic heterocycles. The highest BCUT2D eigenvalue weighted by molar-refractivity contribution is 8.00. The van der Waals surface area contributed by atoms with Gasteiger partial charge in [0, 0.05) is 18.0 Å². The van der Waals surface area contributed by atoms with Crippen molar-refractivity contribution >= 4 is 17.6 Å². The second-order valence-corrected chi connectivity index (χ2v) is 5.21. The SMILES string of the molecule is Cc1ccccc1SCC(=N)N1CCCC1. The molecule has 0 spiro atoms. The Morgan fingerprint density at radius 1 is 1.31 bits per heavy atom. The van der Waals surface area contributed by atoms with Crippen molar-refractivity contribution in [2.75, 3.05) is 18.8 Å². The van der Waals surface area contributed by atoms with Crippen molar-refractivity contribution in [3.63, 3.8) is 0 Å². The molecule has 0 bridgehead atoms. The largest absolute Gasteiger partial charge is 0.360 e. The fraction of sp³-hybridized carbons (Fsp3) is 0.462. The van der Waals surface area contributed by atoms with Gasteiger partial charge in [0.25, 0.3) is 0 Å². The summed E-state index contributed by atoms with van der Waals surface area (Å²) in [5.41, 5.74) is 1.31. The van der Waals surface area contributed by atoms with Crippen molar-refractivity contribution in [2.24, 2.45) is 0 Å². The number of nitrogens with zero attached hydrogens (tertiary/aromatic N) is 1. The van der Waals surface area contributed by atoms with Crippen molar-refractivity contribution in [3.05, 3.63) is 29.8 Å². The molecule has 1 aromatic rings. The van der Waals surface area contributed by atoms with Crippen LogP contribution in [0.3, 0.4) is 0 Å². The fourth-order valence-corrected chi connectivity index (χ4v) is 2.89. The number of hydrogen-bond acceptors (Lipinski definition) is 2. The predicted octanol–water partition coefficient (Wildman–Crippen LogP) is 3.16. The molecule has 1 saturated heterocycles. The lowest BCUT2D eigenvalue weighted by molar-refractivity contribution is 0.514. The van der Waals surface area contributed by atoms with Crippen LogP contribution >= 0.6 is 11.8 Å². The Morgan fingerprint density at radius 3 is 2.69 bits per heavy atom. The van der Waals surface area contributed by atoms with Crippen LogP contribution in [0.25, 0.3) is 0 Å². The molecule has 0 radical (unpaired) electrons. The third-order valence-corrected chi connectivity index (χ3v) is 4.13. The summed E-state index contributed by atoms with van der Waals surface area (Å²) in [6.07, 6.45) is 2.49. The average Bonchev–Trinajstić information content (AvgIpc) is 2.81. The van der Waals surface area contributed by atoms with Crippen LogP contribution in [0.1, 0.15) is 18.4 Å². The van der Waals surface area contributed by atoms with E-state index in [4.69, 9.17) is 5.41 Å². The fourth-order valence-electron chi connectivity index (χ4n) is 1.94. The van der Waals surface area contributed by atoms with Crippen molar-refractivity contribution in [1.29, 1.82) is 5.41 Å². The number of benzene rings is 1. The first-order valence-corrected chi connectivity index (χ1v) is 6.77. The lowest BCUT2D eigenvalue weighted by Crippen LogP contribution is -2.28. The van der Waals surface area contributed by atoms with Crippen molar-refractivity contribution in [2.45, 2.75) is 24.7 Å². The molecule has 3 heteroatoms. The second kappa shape index (κ2) is 5.39. The Kier molecular flexibility index (Phi) is 3.88. The molecule has 2 nitrogen and oxygen atoms in total.